The molecule has 0 bridgehead atoms. The molecule has 0 saturated heterocycles. The highest BCUT2D eigenvalue weighted by Gasteiger charge is 2.01. The highest BCUT2D eigenvalue weighted by molar-refractivity contribution is 6.48. The van der Waals surface area contributed by atoms with Gasteiger partial charge in [0.05, 0.1) is 0 Å². The fourth-order valence-corrected chi connectivity index (χ4v) is 1.19. The van der Waals surface area contributed by atoms with Crippen LogP contribution in [0.15, 0.2) is 41.6 Å². The smallest absolute Gasteiger partial charge is 0.353 e. The minimum Gasteiger partial charge on any atom is -0.477 e. The molecule has 1 aromatic carbocycles. The van der Waals surface area contributed by atoms with E-state index in [1.54, 1.807) is 6.08 Å². The van der Waals surface area contributed by atoms with Gasteiger partial charge in [0.1, 0.15) is 6.61 Å². The third-order valence-corrected chi connectivity index (χ3v) is 2.27. The van der Waals surface area contributed by atoms with Crippen molar-refractivity contribution < 1.29 is 14.7 Å². The Hall–Kier alpha value is -1.81. The summed E-state index contributed by atoms with van der Waals surface area (Å²) in [5.74, 6) is -1.11. The van der Waals surface area contributed by atoms with Crippen LogP contribution in [0.2, 0.25) is 0 Å². The van der Waals surface area contributed by atoms with Crippen LogP contribution in [0, 0.1) is 0 Å². The fourth-order valence-electron chi connectivity index (χ4n) is 0.999. The minimum absolute atomic E-state index is 0.103. The lowest BCUT2D eigenvalue weighted by atomic mass is 10.2. The van der Waals surface area contributed by atoms with Gasteiger partial charge in [0.15, 0.2) is 5.71 Å². The van der Waals surface area contributed by atoms with Gasteiger partial charge >= 0.3 is 5.97 Å². The summed E-state index contributed by atoms with van der Waals surface area (Å²) in [6, 6.07) is 9.37. The summed E-state index contributed by atoms with van der Waals surface area (Å²) in [7, 11) is 0. The molecule has 0 heterocycles. The summed E-state index contributed by atoms with van der Waals surface area (Å²) in [4.78, 5) is 15.2. The number of oxime groups is 1. The van der Waals surface area contributed by atoms with E-state index in [4.69, 9.17) is 21.5 Å². The van der Waals surface area contributed by atoms with Gasteiger partial charge in [0.2, 0.25) is 0 Å². The zero-order valence-corrected chi connectivity index (χ0v) is 10.0. The molecule has 0 saturated carbocycles. The Morgan fingerprint density at radius 1 is 1.47 bits per heavy atom. The van der Waals surface area contributed by atoms with Gasteiger partial charge in [0.25, 0.3) is 0 Å². The highest BCUT2D eigenvalue weighted by atomic mass is 35.5. The van der Waals surface area contributed by atoms with Crippen LogP contribution < -0.4 is 0 Å². The number of hydrogen-bond donors (Lipinski definition) is 1. The summed E-state index contributed by atoms with van der Waals surface area (Å²) in [6.07, 6.45) is 1.62. The molecular formula is C12H12ClNO3. The Morgan fingerprint density at radius 2 is 2.12 bits per heavy atom. The lowest BCUT2D eigenvalue weighted by Crippen LogP contribution is -2.08. The van der Waals surface area contributed by atoms with E-state index in [-0.39, 0.29) is 12.3 Å². The number of hydrogen-bond acceptors (Lipinski definition) is 3. The average Bonchev–Trinajstić information content (AvgIpc) is 2.35. The molecule has 4 nitrogen and oxygen atoms in total. The second kappa shape index (κ2) is 6.70. The summed E-state index contributed by atoms with van der Waals surface area (Å²) >= 11 is 6.00. The molecule has 17 heavy (non-hydrogen) atoms. The first-order valence-electron chi connectivity index (χ1n) is 4.92. The van der Waals surface area contributed by atoms with Crippen LogP contribution in [-0.2, 0) is 9.63 Å². The normalized spacial score (nSPS) is 12.4. The van der Waals surface area contributed by atoms with Crippen molar-refractivity contribution in [3.05, 3.63) is 42.0 Å². The minimum atomic E-state index is -1.11. The maximum absolute atomic E-state index is 10.4. The van der Waals surface area contributed by atoms with E-state index < -0.39 is 5.97 Å². The van der Waals surface area contributed by atoms with E-state index in [1.807, 2.05) is 30.3 Å². The molecule has 0 aliphatic carbocycles. The first-order valence-corrected chi connectivity index (χ1v) is 5.30. The number of nitrogens with zero attached hydrogens (tertiary/aromatic N) is 1. The molecule has 1 rings (SSSR count). The van der Waals surface area contributed by atoms with Crippen molar-refractivity contribution >= 4 is 28.3 Å². The van der Waals surface area contributed by atoms with Crippen LogP contribution in [-0.4, -0.2) is 23.4 Å². The SMILES string of the molecule is C/C(=N/OC/C=C(\Cl)c1ccccc1)C(=O)O. The van der Waals surface area contributed by atoms with Crippen molar-refractivity contribution in [2.75, 3.05) is 6.61 Å². The number of carboxylic acid groups (broad SMARTS) is 1. The van der Waals surface area contributed by atoms with E-state index in [1.165, 1.54) is 6.92 Å². The van der Waals surface area contributed by atoms with E-state index in [9.17, 15) is 4.79 Å². The van der Waals surface area contributed by atoms with Crippen molar-refractivity contribution in [2.24, 2.45) is 5.16 Å². The number of carboxylic acids is 1. The van der Waals surface area contributed by atoms with E-state index >= 15 is 0 Å². The van der Waals surface area contributed by atoms with Crippen LogP contribution in [0.4, 0.5) is 0 Å². The van der Waals surface area contributed by atoms with Crippen LogP contribution in [0.5, 0.6) is 0 Å². The lowest BCUT2D eigenvalue weighted by molar-refractivity contribution is -0.129. The van der Waals surface area contributed by atoms with Gasteiger partial charge in [-0.2, -0.15) is 0 Å². The maximum atomic E-state index is 10.4. The first-order chi connectivity index (χ1) is 8.11. The summed E-state index contributed by atoms with van der Waals surface area (Å²) in [5, 5.41) is 12.5. The van der Waals surface area contributed by atoms with Crippen LogP contribution in [0.1, 0.15) is 12.5 Å². The standard InChI is InChI=1S/C12H12ClNO3/c1-9(12(15)16)14-17-8-7-11(13)10-5-3-2-4-6-10/h2-7H,8H2,1H3,(H,15,16)/b11-7-,14-9-. The van der Waals surface area contributed by atoms with Gasteiger partial charge < -0.3 is 9.94 Å². The Balaban J connectivity index is 2.50. The largest absolute Gasteiger partial charge is 0.477 e. The third-order valence-electron chi connectivity index (χ3n) is 1.90. The Morgan fingerprint density at radius 3 is 2.71 bits per heavy atom. The molecule has 0 atom stereocenters. The molecule has 0 aliphatic rings. The third kappa shape index (κ3) is 4.70. The number of carbonyl (C=O) groups is 1. The van der Waals surface area contributed by atoms with Gasteiger partial charge in [0, 0.05) is 5.03 Å². The van der Waals surface area contributed by atoms with Gasteiger partial charge in [-0.3, -0.25) is 0 Å². The molecule has 0 spiro atoms. The number of benzene rings is 1. The molecule has 5 heteroatoms. The fraction of sp³-hybridized carbons (Fsp3) is 0.167. The molecule has 1 aromatic rings. The van der Waals surface area contributed by atoms with E-state index in [0.29, 0.717) is 5.03 Å². The van der Waals surface area contributed by atoms with Crippen LogP contribution in [0.25, 0.3) is 5.03 Å². The molecule has 0 aliphatic heterocycles. The van der Waals surface area contributed by atoms with Crippen LogP contribution in [0.3, 0.4) is 0 Å². The second-order valence-corrected chi connectivity index (χ2v) is 3.60. The number of halogens is 1. The van der Waals surface area contributed by atoms with E-state index in [0.717, 1.165) is 5.56 Å². The summed E-state index contributed by atoms with van der Waals surface area (Å²) < 4.78 is 0. The Bertz CT molecular complexity index is 440. The van der Waals surface area contributed by atoms with Gasteiger partial charge in [-0.15, -0.1) is 0 Å². The van der Waals surface area contributed by atoms with Crippen molar-refractivity contribution in [3.63, 3.8) is 0 Å². The Kier molecular flexibility index (Phi) is 5.23. The predicted molar refractivity (Wildman–Crippen MR) is 67.0 cm³/mol. The maximum Gasteiger partial charge on any atom is 0.353 e. The number of aliphatic carboxylic acids is 1. The molecule has 0 radical (unpaired) electrons. The number of rotatable bonds is 5. The van der Waals surface area contributed by atoms with Gasteiger partial charge in [-0.25, -0.2) is 4.79 Å². The molecule has 1 N–H and O–H groups in total. The highest BCUT2D eigenvalue weighted by Crippen LogP contribution is 2.17. The molecule has 0 aromatic heterocycles. The Labute approximate surface area is 104 Å². The monoisotopic (exact) mass is 253 g/mol. The summed E-state index contributed by atoms with van der Waals surface area (Å²) in [6.45, 7) is 1.48. The predicted octanol–water partition coefficient (Wildman–Crippen LogP) is 2.74. The molecule has 90 valence electrons. The molecular weight excluding hydrogens is 242 g/mol. The zero-order valence-electron chi connectivity index (χ0n) is 9.26. The van der Waals surface area contributed by atoms with Crippen molar-refractivity contribution in [3.8, 4) is 0 Å². The second-order valence-electron chi connectivity index (χ2n) is 3.20. The molecule has 0 fully saturated rings. The summed E-state index contributed by atoms with van der Waals surface area (Å²) in [5.41, 5.74) is 0.769. The topological polar surface area (TPSA) is 58.9 Å². The van der Waals surface area contributed by atoms with Gasteiger partial charge in [-0.05, 0) is 18.6 Å². The lowest BCUT2D eigenvalue weighted by Gasteiger charge is -1.99. The quantitative estimate of drug-likeness (QED) is 0.499. The van der Waals surface area contributed by atoms with Crippen molar-refractivity contribution in [2.45, 2.75) is 6.92 Å². The van der Waals surface area contributed by atoms with E-state index in [2.05, 4.69) is 5.16 Å². The molecule has 0 unspecified atom stereocenters. The van der Waals surface area contributed by atoms with Crippen molar-refractivity contribution in [1.82, 2.24) is 0 Å². The van der Waals surface area contributed by atoms with Gasteiger partial charge in [-0.1, -0.05) is 47.1 Å². The molecule has 0 amide bonds. The zero-order chi connectivity index (χ0) is 12.7. The van der Waals surface area contributed by atoms with Crippen LogP contribution >= 0.6 is 11.6 Å². The van der Waals surface area contributed by atoms with Crippen molar-refractivity contribution in [1.29, 1.82) is 0 Å². The average molecular weight is 254 g/mol. The first kappa shape index (κ1) is 13.3.